The largest absolute Gasteiger partial charge is 0.348 e. The van der Waals surface area contributed by atoms with Crippen LogP contribution in [-0.2, 0) is 6.54 Å². The number of aromatic nitrogens is 1. The molecule has 1 amide bonds. The number of rotatable bonds is 3. The molecule has 1 aromatic carbocycles. The zero-order valence-corrected chi connectivity index (χ0v) is 11.6. The minimum Gasteiger partial charge on any atom is -0.348 e. The van der Waals surface area contributed by atoms with Gasteiger partial charge in [-0.25, -0.2) is 4.98 Å². The maximum Gasteiger partial charge on any atom is 0.253 e. The van der Waals surface area contributed by atoms with Crippen molar-refractivity contribution in [2.45, 2.75) is 13.5 Å². The molecule has 0 aliphatic rings. The molecule has 1 N–H and O–H groups in total. The van der Waals surface area contributed by atoms with Gasteiger partial charge in [-0.1, -0.05) is 29.8 Å². The smallest absolute Gasteiger partial charge is 0.253 e. The minimum atomic E-state index is -0.115. The van der Waals surface area contributed by atoms with Gasteiger partial charge < -0.3 is 5.32 Å². The summed E-state index contributed by atoms with van der Waals surface area (Å²) in [4.78, 5) is 15.9. The van der Waals surface area contributed by atoms with Gasteiger partial charge in [-0.2, -0.15) is 0 Å². The Morgan fingerprint density at radius 2 is 1.94 bits per heavy atom. The number of benzene rings is 1. The molecule has 1 aromatic heterocycles. The van der Waals surface area contributed by atoms with Crippen molar-refractivity contribution in [1.29, 1.82) is 0 Å². The quantitative estimate of drug-likeness (QED) is 0.886. The zero-order valence-electron chi connectivity index (χ0n) is 9.98. The molecule has 0 aliphatic heterocycles. The van der Waals surface area contributed by atoms with Gasteiger partial charge in [-0.3, -0.25) is 4.79 Å². The summed E-state index contributed by atoms with van der Waals surface area (Å²) in [6.45, 7) is 2.56. The molecule has 0 unspecified atom stereocenters. The van der Waals surface area contributed by atoms with E-state index in [1.54, 1.807) is 18.3 Å². The summed E-state index contributed by atoms with van der Waals surface area (Å²) in [5, 5.41) is 2.86. The third kappa shape index (κ3) is 3.40. The van der Waals surface area contributed by atoms with Crippen LogP contribution in [0.5, 0.6) is 0 Å². The molecule has 0 saturated heterocycles. The lowest BCUT2D eigenvalue weighted by Gasteiger charge is -2.05. The van der Waals surface area contributed by atoms with E-state index in [0.29, 0.717) is 12.1 Å². The van der Waals surface area contributed by atoms with Crippen LogP contribution in [0.15, 0.2) is 47.2 Å². The first-order valence-corrected chi connectivity index (χ1v) is 6.40. The Hall–Kier alpha value is -1.68. The highest BCUT2D eigenvalue weighted by molar-refractivity contribution is 9.10. The normalized spacial score (nSPS) is 10.1. The molecule has 2 aromatic rings. The van der Waals surface area contributed by atoms with Gasteiger partial charge >= 0.3 is 0 Å². The molecule has 0 spiro atoms. The Kier molecular flexibility index (Phi) is 4.10. The highest BCUT2D eigenvalue weighted by Crippen LogP contribution is 2.07. The maximum absolute atomic E-state index is 11.8. The van der Waals surface area contributed by atoms with E-state index in [1.807, 2.05) is 31.2 Å². The molecule has 92 valence electrons. The second-order valence-electron chi connectivity index (χ2n) is 4.04. The molecule has 3 nitrogen and oxygen atoms in total. The van der Waals surface area contributed by atoms with Crippen LogP contribution in [-0.4, -0.2) is 10.9 Å². The Balaban J connectivity index is 1.96. The molecule has 0 bridgehead atoms. The molecule has 0 aliphatic carbocycles. The number of nitrogens with zero attached hydrogens (tertiary/aromatic N) is 1. The fourth-order valence-corrected chi connectivity index (χ4v) is 1.74. The number of hydrogen-bond donors (Lipinski definition) is 1. The fourth-order valence-electron chi connectivity index (χ4n) is 1.50. The molecule has 0 saturated carbocycles. The summed E-state index contributed by atoms with van der Waals surface area (Å²) in [5.41, 5.74) is 2.85. The van der Waals surface area contributed by atoms with Gasteiger partial charge in [0.2, 0.25) is 0 Å². The molecule has 0 atom stereocenters. The van der Waals surface area contributed by atoms with Crippen molar-refractivity contribution < 1.29 is 4.79 Å². The SMILES string of the molecule is Cc1ccc(CNC(=O)c2ccc(Br)nc2)cc1. The summed E-state index contributed by atoms with van der Waals surface area (Å²) in [6, 6.07) is 11.6. The molecule has 0 radical (unpaired) electrons. The molecular weight excluding hydrogens is 292 g/mol. The molecule has 0 fully saturated rings. The lowest BCUT2D eigenvalue weighted by molar-refractivity contribution is 0.0950. The van der Waals surface area contributed by atoms with Crippen LogP contribution in [0.3, 0.4) is 0 Å². The van der Waals surface area contributed by atoms with E-state index < -0.39 is 0 Å². The number of pyridine rings is 1. The summed E-state index contributed by atoms with van der Waals surface area (Å²) in [5.74, 6) is -0.115. The van der Waals surface area contributed by atoms with Crippen LogP contribution in [0.1, 0.15) is 21.5 Å². The van der Waals surface area contributed by atoms with Crippen molar-refractivity contribution in [3.05, 3.63) is 63.9 Å². The minimum absolute atomic E-state index is 0.115. The number of aryl methyl sites for hydroxylation is 1. The number of nitrogens with one attached hydrogen (secondary N) is 1. The van der Waals surface area contributed by atoms with Crippen molar-refractivity contribution in [2.75, 3.05) is 0 Å². The highest BCUT2D eigenvalue weighted by Gasteiger charge is 2.05. The van der Waals surface area contributed by atoms with Crippen LogP contribution in [0.2, 0.25) is 0 Å². The maximum atomic E-state index is 11.8. The predicted molar refractivity (Wildman–Crippen MR) is 74.3 cm³/mol. The predicted octanol–water partition coefficient (Wildman–Crippen LogP) is 3.08. The summed E-state index contributed by atoms with van der Waals surface area (Å²) < 4.78 is 0.720. The molecule has 4 heteroatoms. The Morgan fingerprint density at radius 3 is 2.56 bits per heavy atom. The van der Waals surface area contributed by atoms with E-state index in [9.17, 15) is 4.79 Å². The molecule has 18 heavy (non-hydrogen) atoms. The number of carbonyl (C=O) groups is 1. The summed E-state index contributed by atoms with van der Waals surface area (Å²) >= 11 is 3.23. The van der Waals surface area contributed by atoms with E-state index >= 15 is 0 Å². The van der Waals surface area contributed by atoms with Crippen molar-refractivity contribution in [2.24, 2.45) is 0 Å². The Labute approximate surface area is 114 Å². The van der Waals surface area contributed by atoms with Crippen molar-refractivity contribution in [3.63, 3.8) is 0 Å². The lowest BCUT2D eigenvalue weighted by Crippen LogP contribution is -2.22. The first kappa shape index (κ1) is 12.8. The fraction of sp³-hybridized carbons (Fsp3) is 0.143. The van der Waals surface area contributed by atoms with Crippen LogP contribution in [0, 0.1) is 6.92 Å². The zero-order chi connectivity index (χ0) is 13.0. The molecule has 1 heterocycles. The first-order valence-electron chi connectivity index (χ1n) is 5.60. The van der Waals surface area contributed by atoms with Gasteiger partial charge in [0.05, 0.1) is 5.56 Å². The third-order valence-corrected chi connectivity index (χ3v) is 3.03. The summed E-state index contributed by atoms with van der Waals surface area (Å²) in [6.07, 6.45) is 1.55. The van der Waals surface area contributed by atoms with E-state index in [-0.39, 0.29) is 5.91 Å². The lowest BCUT2D eigenvalue weighted by atomic mass is 10.1. The van der Waals surface area contributed by atoms with Crippen LogP contribution >= 0.6 is 15.9 Å². The summed E-state index contributed by atoms with van der Waals surface area (Å²) in [7, 11) is 0. The Morgan fingerprint density at radius 1 is 1.22 bits per heavy atom. The topological polar surface area (TPSA) is 42.0 Å². The van der Waals surface area contributed by atoms with E-state index in [1.165, 1.54) is 5.56 Å². The molecule has 2 rings (SSSR count). The van der Waals surface area contributed by atoms with Gasteiger partial charge in [-0.05, 0) is 40.5 Å². The Bertz CT molecular complexity index is 535. The number of amides is 1. The van der Waals surface area contributed by atoms with Gasteiger partial charge in [0.25, 0.3) is 5.91 Å². The van der Waals surface area contributed by atoms with Crippen molar-refractivity contribution in [3.8, 4) is 0 Å². The average molecular weight is 305 g/mol. The van der Waals surface area contributed by atoms with Gasteiger partial charge in [-0.15, -0.1) is 0 Å². The van der Waals surface area contributed by atoms with Crippen molar-refractivity contribution in [1.82, 2.24) is 10.3 Å². The van der Waals surface area contributed by atoms with Gasteiger partial charge in [0, 0.05) is 12.7 Å². The second-order valence-corrected chi connectivity index (χ2v) is 4.85. The standard InChI is InChI=1S/C14H13BrN2O/c1-10-2-4-11(5-3-10)8-17-14(18)12-6-7-13(15)16-9-12/h2-7,9H,8H2,1H3,(H,17,18). The van der Waals surface area contributed by atoms with E-state index in [0.717, 1.165) is 10.2 Å². The number of carbonyl (C=O) groups excluding carboxylic acids is 1. The highest BCUT2D eigenvalue weighted by atomic mass is 79.9. The first-order chi connectivity index (χ1) is 8.65. The number of halogens is 1. The number of hydrogen-bond acceptors (Lipinski definition) is 2. The van der Waals surface area contributed by atoms with E-state index in [2.05, 4.69) is 26.2 Å². The van der Waals surface area contributed by atoms with Crippen LogP contribution in [0.25, 0.3) is 0 Å². The van der Waals surface area contributed by atoms with Gasteiger partial charge in [0.15, 0.2) is 0 Å². The average Bonchev–Trinajstić information content (AvgIpc) is 2.38. The van der Waals surface area contributed by atoms with Crippen LogP contribution < -0.4 is 5.32 Å². The molecular formula is C14H13BrN2O. The van der Waals surface area contributed by atoms with Gasteiger partial charge in [0.1, 0.15) is 4.60 Å². The second kappa shape index (κ2) is 5.78. The van der Waals surface area contributed by atoms with E-state index in [4.69, 9.17) is 0 Å². The monoisotopic (exact) mass is 304 g/mol. The van der Waals surface area contributed by atoms with Crippen LogP contribution in [0.4, 0.5) is 0 Å². The van der Waals surface area contributed by atoms with Crippen molar-refractivity contribution >= 4 is 21.8 Å². The third-order valence-electron chi connectivity index (χ3n) is 2.56.